The van der Waals surface area contributed by atoms with E-state index in [1.54, 1.807) is 11.1 Å². The van der Waals surface area contributed by atoms with Gasteiger partial charge in [0.05, 0.1) is 23.0 Å². The van der Waals surface area contributed by atoms with E-state index in [-0.39, 0.29) is 29.2 Å². The molecule has 9 heteroatoms. The Morgan fingerprint density at radius 3 is 2.63 bits per heavy atom. The van der Waals surface area contributed by atoms with Crippen LogP contribution in [-0.2, 0) is 14.6 Å². The first-order valence-electron chi connectivity index (χ1n) is 9.17. The standard InChI is InChI=1S/C18H22N4O4S/c1-12-2-3-14(10-19-12)17-20-16(21-26-17)13-4-7-22(8-5-13)18(23)15-6-9-27(24,25)11-15/h2-3,10,13,15H,4-9,11H2,1H3/t15-/m1/s1. The molecule has 8 nitrogen and oxygen atoms in total. The molecule has 0 spiro atoms. The molecule has 2 aliphatic heterocycles. The molecule has 144 valence electrons. The van der Waals surface area contributed by atoms with E-state index in [4.69, 9.17) is 4.52 Å². The van der Waals surface area contributed by atoms with Crippen LogP contribution in [0.15, 0.2) is 22.9 Å². The van der Waals surface area contributed by atoms with Crippen molar-refractivity contribution in [2.45, 2.75) is 32.1 Å². The van der Waals surface area contributed by atoms with Gasteiger partial charge in [-0.05, 0) is 38.3 Å². The lowest BCUT2D eigenvalue weighted by Gasteiger charge is -2.32. The normalized spacial score (nSPS) is 22.9. The predicted molar refractivity (Wildman–Crippen MR) is 97.6 cm³/mol. The van der Waals surface area contributed by atoms with Crippen LogP contribution in [0.2, 0.25) is 0 Å². The van der Waals surface area contributed by atoms with Crippen molar-refractivity contribution in [1.82, 2.24) is 20.0 Å². The van der Waals surface area contributed by atoms with Crippen molar-refractivity contribution >= 4 is 15.7 Å². The number of sulfone groups is 1. The number of carbonyl (C=O) groups excluding carboxylic acids is 1. The summed E-state index contributed by atoms with van der Waals surface area (Å²) in [6.45, 7) is 3.10. The minimum absolute atomic E-state index is 0.00938. The first-order chi connectivity index (χ1) is 12.9. The monoisotopic (exact) mass is 390 g/mol. The van der Waals surface area contributed by atoms with Crippen molar-refractivity contribution in [2.24, 2.45) is 5.92 Å². The fraction of sp³-hybridized carbons (Fsp3) is 0.556. The lowest BCUT2D eigenvalue weighted by atomic mass is 9.95. The molecular weight excluding hydrogens is 368 g/mol. The van der Waals surface area contributed by atoms with Gasteiger partial charge in [-0.1, -0.05) is 5.16 Å². The average molecular weight is 390 g/mol. The average Bonchev–Trinajstić information content (AvgIpc) is 3.29. The molecule has 2 fully saturated rings. The van der Waals surface area contributed by atoms with Gasteiger partial charge in [0.25, 0.3) is 5.89 Å². The van der Waals surface area contributed by atoms with Crippen LogP contribution in [0, 0.1) is 12.8 Å². The molecule has 2 aliphatic rings. The highest BCUT2D eigenvalue weighted by atomic mass is 32.2. The maximum Gasteiger partial charge on any atom is 0.259 e. The highest BCUT2D eigenvalue weighted by Gasteiger charge is 2.37. The van der Waals surface area contributed by atoms with E-state index in [1.165, 1.54) is 0 Å². The zero-order chi connectivity index (χ0) is 19.0. The highest BCUT2D eigenvalue weighted by molar-refractivity contribution is 7.91. The number of rotatable bonds is 3. The zero-order valence-electron chi connectivity index (χ0n) is 15.2. The van der Waals surface area contributed by atoms with E-state index < -0.39 is 9.84 Å². The smallest absolute Gasteiger partial charge is 0.259 e. The number of pyridine rings is 1. The number of piperidine rings is 1. The summed E-state index contributed by atoms with van der Waals surface area (Å²) in [6.07, 6.45) is 3.65. The minimum atomic E-state index is -3.04. The van der Waals surface area contributed by atoms with Crippen molar-refractivity contribution in [3.05, 3.63) is 29.8 Å². The van der Waals surface area contributed by atoms with Crippen LogP contribution in [0.25, 0.3) is 11.5 Å². The molecule has 4 heterocycles. The topological polar surface area (TPSA) is 106 Å². The van der Waals surface area contributed by atoms with Crippen molar-refractivity contribution < 1.29 is 17.7 Å². The van der Waals surface area contributed by atoms with Crippen molar-refractivity contribution in [2.75, 3.05) is 24.6 Å². The highest BCUT2D eigenvalue weighted by Crippen LogP contribution is 2.30. The van der Waals surface area contributed by atoms with Crippen LogP contribution in [0.4, 0.5) is 0 Å². The van der Waals surface area contributed by atoms with E-state index in [2.05, 4.69) is 15.1 Å². The Labute approximate surface area is 157 Å². The Morgan fingerprint density at radius 1 is 1.22 bits per heavy atom. The second-order valence-corrected chi connectivity index (χ2v) is 9.57. The summed E-state index contributed by atoms with van der Waals surface area (Å²) in [5.74, 6) is 0.946. The van der Waals surface area contributed by atoms with Gasteiger partial charge in [-0.25, -0.2) is 8.42 Å². The van der Waals surface area contributed by atoms with Crippen LogP contribution in [0.5, 0.6) is 0 Å². The lowest BCUT2D eigenvalue weighted by Crippen LogP contribution is -2.41. The third kappa shape index (κ3) is 3.87. The second kappa shape index (κ2) is 7.03. The molecule has 0 aromatic carbocycles. The van der Waals surface area contributed by atoms with Gasteiger partial charge >= 0.3 is 0 Å². The first-order valence-corrected chi connectivity index (χ1v) is 11.0. The third-order valence-corrected chi connectivity index (χ3v) is 7.12. The molecule has 0 saturated carbocycles. The fourth-order valence-corrected chi connectivity index (χ4v) is 5.45. The molecule has 0 radical (unpaired) electrons. The number of amides is 1. The summed E-state index contributed by atoms with van der Waals surface area (Å²) in [5, 5.41) is 4.11. The quantitative estimate of drug-likeness (QED) is 0.783. The number of aryl methyl sites for hydroxylation is 1. The maximum absolute atomic E-state index is 12.6. The van der Waals surface area contributed by atoms with Crippen LogP contribution >= 0.6 is 0 Å². The van der Waals surface area contributed by atoms with Crippen molar-refractivity contribution in [3.8, 4) is 11.5 Å². The fourth-order valence-electron chi connectivity index (χ4n) is 3.72. The lowest BCUT2D eigenvalue weighted by molar-refractivity contribution is -0.135. The third-order valence-electron chi connectivity index (χ3n) is 5.35. The number of carbonyl (C=O) groups is 1. The molecule has 0 bridgehead atoms. The van der Waals surface area contributed by atoms with E-state index in [0.717, 1.165) is 24.1 Å². The summed E-state index contributed by atoms with van der Waals surface area (Å²) in [6, 6.07) is 3.79. The molecule has 1 atom stereocenters. The van der Waals surface area contributed by atoms with Gasteiger partial charge in [0.1, 0.15) is 0 Å². The molecule has 0 aliphatic carbocycles. The molecular formula is C18H22N4O4S. The summed E-state index contributed by atoms with van der Waals surface area (Å²) < 4.78 is 28.6. The van der Waals surface area contributed by atoms with Crippen molar-refractivity contribution in [3.63, 3.8) is 0 Å². The largest absolute Gasteiger partial charge is 0.342 e. The van der Waals surface area contributed by atoms with Gasteiger partial charge in [0.2, 0.25) is 5.91 Å². The number of hydrogen-bond donors (Lipinski definition) is 0. The van der Waals surface area contributed by atoms with E-state index in [9.17, 15) is 13.2 Å². The minimum Gasteiger partial charge on any atom is -0.342 e. The molecule has 4 rings (SSSR count). The van der Waals surface area contributed by atoms with Gasteiger partial charge in [-0.2, -0.15) is 4.98 Å². The number of nitrogens with zero attached hydrogens (tertiary/aromatic N) is 4. The van der Waals surface area contributed by atoms with Crippen LogP contribution in [-0.4, -0.2) is 58.9 Å². The van der Waals surface area contributed by atoms with Gasteiger partial charge in [-0.15, -0.1) is 0 Å². The Morgan fingerprint density at radius 2 is 2.00 bits per heavy atom. The van der Waals surface area contributed by atoms with Gasteiger partial charge in [-0.3, -0.25) is 9.78 Å². The van der Waals surface area contributed by atoms with E-state index >= 15 is 0 Å². The number of likely N-dealkylation sites (tertiary alicyclic amines) is 1. The van der Waals surface area contributed by atoms with Crippen LogP contribution in [0.3, 0.4) is 0 Å². The van der Waals surface area contributed by atoms with Gasteiger partial charge < -0.3 is 9.42 Å². The molecule has 2 aromatic heterocycles. The Kier molecular flexibility index (Phi) is 4.71. The maximum atomic E-state index is 12.6. The summed E-state index contributed by atoms with van der Waals surface area (Å²) >= 11 is 0. The molecule has 27 heavy (non-hydrogen) atoms. The van der Waals surface area contributed by atoms with Gasteiger partial charge in [0.15, 0.2) is 15.7 Å². The van der Waals surface area contributed by atoms with Crippen molar-refractivity contribution in [1.29, 1.82) is 0 Å². The number of aromatic nitrogens is 3. The molecule has 2 aromatic rings. The Hall–Kier alpha value is -2.29. The Bertz CT molecular complexity index is 931. The predicted octanol–water partition coefficient (Wildman–Crippen LogP) is 1.58. The van der Waals surface area contributed by atoms with Gasteiger partial charge in [0, 0.05) is 30.9 Å². The zero-order valence-corrected chi connectivity index (χ0v) is 16.0. The summed E-state index contributed by atoms with van der Waals surface area (Å²) in [7, 11) is -3.04. The summed E-state index contributed by atoms with van der Waals surface area (Å²) in [4.78, 5) is 23.1. The van der Waals surface area contributed by atoms with E-state index in [0.29, 0.717) is 31.2 Å². The van der Waals surface area contributed by atoms with Crippen LogP contribution in [0.1, 0.15) is 36.7 Å². The van der Waals surface area contributed by atoms with Crippen LogP contribution < -0.4 is 0 Å². The SMILES string of the molecule is Cc1ccc(-c2nc(C3CCN(C(=O)[C@@H]4CCS(=O)(=O)C4)CC3)no2)cn1. The molecule has 0 N–H and O–H groups in total. The molecule has 1 amide bonds. The molecule has 2 saturated heterocycles. The Balaban J connectivity index is 1.37. The molecule has 0 unspecified atom stereocenters. The van der Waals surface area contributed by atoms with E-state index in [1.807, 2.05) is 19.1 Å². The summed E-state index contributed by atoms with van der Waals surface area (Å²) in [5.41, 5.74) is 1.71. The number of hydrogen-bond acceptors (Lipinski definition) is 7. The second-order valence-electron chi connectivity index (χ2n) is 7.35. The first kappa shape index (κ1) is 18.1.